The SMILES string of the molecule is CCC(C)c1nc(-c2ccc(-c3cccc(F)c3)cc2)no1. The second-order valence-electron chi connectivity index (χ2n) is 5.35. The molecule has 3 rings (SSSR count). The summed E-state index contributed by atoms with van der Waals surface area (Å²) in [6, 6.07) is 14.3. The highest BCUT2D eigenvalue weighted by Gasteiger charge is 2.13. The molecular formula is C18H17FN2O. The van der Waals surface area contributed by atoms with Crippen molar-refractivity contribution in [2.45, 2.75) is 26.2 Å². The van der Waals surface area contributed by atoms with E-state index in [9.17, 15) is 4.39 Å². The van der Waals surface area contributed by atoms with E-state index in [0.29, 0.717) is 11.7 Å². The molecule has 2 aromatic carbocycles. The van der Waals surface area contributed by atoms with Gasteiger partial charge >= 0.3 is 0 Å². The molecule has 1 heterocycles. The van der Waals surface area contributed by atoms with Crippen LogP contribution >= 0.6 is 0 Å². The van der Waals surface area contributed by atoms with Crippen LogP contribution in [0.2, 0.25) is 0 Å². The standard InChI is InChI=1S/C18H17FN2O/c1-3-12(2)18-20-17(21-22-18)14-9-7-13(8-10-14)15-5-4-6-16(19)11-15/h4-12H,3H2,1-2H3. The Morgan fingerprint density at radius 3 is 2.45 bits per heavy atom. The first-order valence-electron chi connectivity index (χ1n) is 7.37. The molecule has 0 saturated heterocycles. The second kappa shape index (κ2) is 6.10. The molecule has 112 valence electrons. The van der Waals surface area contributed by atoms with Crippen LogP contribution in [0, 0.1) is 5.82 Å². The van der Waals surface area contributed by atoms with E-state index in [0.717, 1.165) is 23.1 Å². The maximum absolute atomic E-state index is 13.3. The molecule has 0 N–H and O–H groups in total. The van der Waals surface area contributed by atoms with Gasteiger partial charge in [-0.05, 0) is 29.7 Å². The minimum absolute atomic E-state index is 0.238. The van der Waals surface area contributed by atoms with Crippen molar-refractivity contribution in [2.24, 2.45) is 0 Å². The molecule has 0 aliphatic carbocycles. The van der Waals surface area contributed by atoms with Gasteiger partial charge in [0.2, 0.25) is 11.7 Å². The molecule has 0 radical (unpaired) electrons. The number of rotatable bonds is 4. The Morgan fingerprint density at radius 1 is 1.05 bits per heavy atom. The zero-order chi connectivity index (χ0) is 15.5. The first-order chi connectivity index (χ1) is 10.7. The number of benzene rings is 2. The van der Waals surface area contributed by atoms with Crippen molar-refractivity contribution in [1.29, 1.82) is 0 Å². The van der Waals surface area contributed by atoms with Crippen LogP contribution in [0.5, 0.6) is 0 Å². The van der Waals surface area contributed by atoms with Crippen LogP contribution in [-0.2, 0) is 0 Å². The normalized spacial score (nSPS) is 12.3. The molecule has 1 unspecified atom stereocenters. The summed E-state index contributed by atoms with van der Waals surface area (Å²) in [5.74, 6) is 1.26. The predicted molar refractivity (Wildman–Crippen MR) is 83.8 cm³/mol. The highest BCUT2D eigenvalue weighted by atomic mass is 19.1. The van der Waals surface area contributed by atoms with Crippen LogP contribution in [0.1, 0.15) is 32.1 Å². The van der Waals surface area contributed by atoms with Gasteiger partial charge in [-0.15, -0.1) is 0 Å². The molecule has 0 aliphatic rings. The topological polar surface area (TPSA) is 38.9 Å². The summed E-state index contributed by atoms with van der Waals surface area (Å²) in [4.78, 5) is 4.43. The lowest BCUT2D eigenvalue weighted by Gasteiger charge is -2.02. The second-order valence-corrected chi connectivity index (χ2v) is 5.35. The molecule has 0 aliphatic heterocycles. The zero-order valence-electron chi connectivity index (χ0n) is 12.6. The lowest BCUT2D eigenvalue weighted by molar-refractivity contribution is 0.357. The Balaban J connectivity index is 1.86. The van der Waals surface area contributed by atoms with Crippen molar-refractivity contribution in [3.63, 3.8) is 0 Å². The first kappa shape index (κ1) is 14.4. The van der Waals surface area contributed by atoms with E-state index < -0.39 is 0 Å². The number of hydrogen-bond acceptors (Lipinski definition) is 3. The van der Waals surface area contributed by atoms with Crippen molar-refractivity contribution in [3.05, 3.63) is 60.2 Å². The van der Waals surface area contributed by atoms with Gasteiger partial charge in [0.25, 0.3) is 0 Å². The molecule has 0 fully saturated rings. The van der Waals surface area contributed by atoms with Gasteiger partial charge in [0, 0.05) is 11.5 Å². The van der Waals surface area contributed by atoms with Crippen LogP contribution in [0.25, 0.3) is 22.5 Å². The van der Waals surface area contributed by atoms with Crippen LogP contribution in [0.4, 0.5) is 4.39 Å². The third-order valence-electron chi connectivity index (χ3n) is 3.78. The fourth-order valence-corrected chi connectivity index (χ4v) is 2.21. The van der Waals surface area contributed by atoms with E-state index in [1.54, 1.807) is 6.07 Å². The van der Waals surface area contributed by atoms with E-state index in [1.807, 2.05) is 30.3 Å². The summed E-state index contributed by atoms with van der Waals surface area (Å²) in [5.41, 5.74) is 2.69. The summed E-state index contributed by atoms with van der Waals surface area (Å²) in [5, 5.41) is 4.03. The van der Waals surface area contributed by atoms with E-state index in [2.05, 4.69) is 24.0 Å². The van der Waals surface area contributed by atoms with E-state index in [-0.39, 0.29) is 11.7 Å². The lowest BCUT2D eigenvalue weighted by atomic mass is 10.0. The molecule has 0 saturated carbocycles. The van der Waals surface area contributed by atoms with Gasteiger partial charge in [-0.2, -0.15) is 4.98 Å². The van der Waals surface area contributed by atoms with E-state index >= 15 is 0 Å². The predicted octanol–water partition coefficient (Wildman–Crippen LogP) is 5.06. The molecule has 3 aromatic rings. The average Bonchev–Trinajstić information content (AvgIpc) is 3.04. The highest BCUT2D eigenvalue weighted by Crippen LogP contribution is 2.25. The van der Waals surface area contributed by atoms with Crippen molar-refractivity contribution >= 4 is 0 Å². The van der Waals surface area contributed by atoms with Gasteiger partial charge in [0.1, 0.15) is 5.82 Å². The summed E-state index contributed by atoms with van der Waals surface area (Å²) in [6.45, 7) is 4.15. The first-order valence-corrected chi connectivity index (χ1v) is 7.37. The summed E-state index contributed by atoms with van der Waals surface area (Å²) >= 11 is 0. The Hall–Kier alpha value is -2.49. The monoisotopic (exact) mass is 296 g/mol. The molecule has 22 heavy (non-hydrogen) atoms. The third-order valence-corrected chi connectivity index (χ3v) is 3.78. The fraction of sp³-hybridized carbons (Fsp3) is 0.222. The van der Waals surface area contributed by atoms with Crippen LogP contribution in [0.15, 0.2) is 53.1 Å². The summed E-state index contributed by atoms with van der Waals surface area (Å²) in [7, 11) is 0. The Labute approximate surface area is 128 Å². The lowest BCUT2D eigenvalue weighted by Crippen LogP contribution is -1.91. The largest absolute Gasteiger partial charge is 0.339 e. The van der Waals surface area contributed by atoms with Crippen molar-refractivity contribution in [1.82, 2.24) is 10.1 Å². The van der Waals surface area contributed by atoms with E-state index in [1.165, 1.54) is 12.1 Å². The van der Waals surface area contributed by atoms with Gasteiger partial charge in [-0.3, -0.25) is 0 Å². The average molecular weight is 296 g/mol. The molecular weight excluding hydrogens is 279 g/mol. The minimum Gasteiger partial charge on any atom is -0.339 e. The molecule has 1 aromatic heterocycles. The van der Waals surface area contributed by atoms with Crippen molar-refractivity contribution in [3.8, 4) is 22.5 Å². The van der Waals surface area contributed by atoms with Crippen LogP contribution in [-0.4, -0.2) is 10.1 Å². The Bertz CT molecular complexity index is 765. The molecule has 4 heteroatoms. The van der Waals surface area contributed by atoms with Gasteiger partial charge in [0.15, 0.2) is 0 Å². The molecule has 0 bridgehead atoms. The van der Waals surface area contributed by atoms with Crippen LogP contribution in [0.3, 0.4) is 0 Å². The van der Waals surface area contributed by atoms with Gasteiger partial charge < -0.3 is 4.52 Å². The van der Waals surface area contributed by atoms with Gasteiger partial charge in [0.05, 0.1) is 0 Å². The summed E-state index contributed by atoms with van der Waals surface area (Å²) < 4.78 is 18.6. The van der Waals surface area contributed by atoms with Crippen molar-refractivity contribution in [2.75, 3.05) is 0 Å². The maximum atomic E-state index is 13.3. The maximum Gasteiger partial charge on any atom is 0.229 e. The molecule has 0 amide bonds. The Morgan fingerprint density at radius 2 is 1.77 bits per heavy atom. The number of hydrogen-bond donors (Lipinski definition) is 0. The quantitative estimate of drug-likeness (QED) is 0.675. The fourth-order valence-electron chi connectivity index (χ4n) is 2.21. The third kappa shape index (κ3) is 2.91. The summed E-state index contributed by atoms with van der Waals surface area (Å²) in [6.07, 6.45) is 0.958. The minimum atomic E-state index is -0.238. The van der Waals surface area contributed by atoms with E-state index in [4.69, 9.17) is 4.52 Å². The van der Waals surface area contributed by atoms with Gasteiger partial charge in [-0.25, -0.2) is 4.39 Å². The van der Waals surface area contributed by atoms with Crippen LogP contribution < -0.4 is 0 Å². The highest BCUT2D eigenvalue weighted by molar-refractivity contribution is 5.67. The Kier molecular flexibility index (Phi) is 4.00. The number of halogens is 1. The molecule has 1 atom stereocenters. The number of nitrogens with zero attached hydrogens (tertiary/aromatic N) is 2. The smallest absolute Gasteiger partial charge is 0.229 e. The van der Waals surface area contributed by atoms with Crippen molar-refractivity contribution < 1.29 is 8.91 Å². The molecule has 3 nitrogen and oxygen atoms in total. The molecule has 0 spiro atoms. The van der Waals surface area contributed by atoms with Gasteiger partial charge in [-0.1, -0.05) is 55.4 Å². The number of aromatic nitrogens is 2. The zero-order valence-corrected chi connectivity index (χ0v) is 12.6.